The number of hydrogen-bond donors (Lipinski definition) is 1. The lowest BCUT2D eigenvalue weighted by Gasteiger charge is -2.45. The molecule has 0 atom stereocenters. The third-order valence-corrected chi connectivity index (χ3v) is 8.09. The van der Waals surface area contributed by atoms with Gasteiger partial charge in [-0.3, -0.25) is 4.90 Å². The molecule has 2 aliphatic heterocycles. The van der Waals surface area contributed by atoms with E-state index in [0.29, 0.717) is 26.9 Å². The number of anilines is 1. The van der Waals surface area contributed by atoms with Crippen LogP contribution >= 0.6 is 35.7 Å². The first kappa shape index (κ1) is 23.4. The molecule has 2 aliphatic rings. The number of methoxy groups -OCH3 is 2. The summed E-state index contributed by atoms with van der Waals surface area (Å²) in [6, 6.07) is 7.19. The monoisotopic (exact) mass is 478 g/mol. The molecule has 31 heavy (non-hydrogen) atoms. The van der Waals surface area contributed by atoms with E-state index in [0.717, 1.165) is 29.1 Å². The van der Waals surface area contributed by atoms with Crippen molar-refractivity contribution < 1.29 is 23.9 Å². The number of carbonyl (C=O) groups excluding carboxylic acids is 3. The molecule has 1 N–H and O–H groups in total. The Morgan fingerprint density at radius 1 is 1.06 bits per heavy atom. The molecule has 0 saturated carbocycles. The van der Waals surface area contributed by atoms with Crippen molar-refractivity contribution in [2.45, 2.75) is 26.3 Å². The van der Waals surface area contributed by atoms with E-state index in [4.69, 9.17) is 21.7 Å². The fourth-order valence-electron chi connectivity index (χ4n) is 3.36. The van der Waals surface area contributed by atoms with Gasteiger partial charge in [0.1, 0.15) is 9.81 Å². The second-order valence-corrected chi connectivity index (χ2v) is 9.79. The Kier molecular flexibility index (Phi) is 6.82. The van der Waals surface area contributed by atoms with Crippen LogP contribution in [0.3, 0.4) is 0 Å². The maximum atomic E-state index is 12.9. The van der Waals surface area contributed by atoms with Crippen LogP contribution in [0.2, 0.25) is 0 Å². The Morgan fingerprint density at radius 2 is 1.61 bits per heavy atom. The lowest BCUT2D eigenvalue weighted by molar-refractivity contribution is -0.138. The molecule has 1 aromatic rings. The number of fused-ring (bicyclic) bond motifs is 1. The van der Waals surface area contributed by atoms with Crippen molar-refractivity contribution in [3.8, 4) is 0 Å². The van der Waals surface area contributed by atoms with Crippen LogP contribution in [0.5, 0.6) is 0 Å². The first-order valence-corrected chi connectivity index (χ1v) is 11.5. The van der Waals surface area contributed by atoms with Gasteiger partial charge in [-0.1, -0.05) is 53.9 Å². The molecule has 0 aromatic heterocycles. The maximum Gasteiger partial charge on any atom is 0.346 e. The van der Waals surface area contributed by atoms with Crippen LogP contribution in [0.4, 0.5) is 10.5 Å². The van der Waals surface area contributed by atoms with Crippen LogP contribution in [0.1, 0.15) is 26.3 Å². The SMILES string of the molecule is CCNC(=O)N1c2ccccc2C(=C2SC(C(=O)OC)=C(C(=O)OC)S2)C(=S)C1(C)C. The highest BCUT2D eigenvalue weighted by molar-refractivity contribution is 8.29. The molecule has 7 nitrogen and oxygen atoms in total. The summed E-state index contributed by atoms with van der Waals surface area (Å²) in [6.45, 7) is 6.09. The van der Waals surface area contributed by atoms with Gasteiger partial charge in [0.05, 0.1) is 34.5 Å². The molecule has 0 unspecified atom stereocenters. The molecule has 0 bridgehead atoms. The summed E-state index contributed by atoms with van der Waals surface area (Å²) >= 11 is 8.12. The second-order valence-electron chi connectivity index (χ2n) is 7.08. The van der Waals surface area contributed by atoms with Crippen LogP contribution < -0.4 is 10.2 Å². The summed E-state index contributed by atoms with van der Waals surface area (Å²) < 4.78 is 10.4. The number of amides is 2. The quantitative estimate of drug-likeness (QED) is 0.395. The highest BCUT2D eigenvalue weighted by Gasteiger charge is 2.46. The fourth-order valence-corrected chi connectivity index (χ4v) is 6.40. The Hall–Kier alpha value is -2.30. The van der Waals surface area contributed by atoms with Crippen molar-refractivity contribution in [1.29, 1.82) is 0 Å². The van der Waals surface area contributed by atoms with Crippen LogP contribution in [0.25, 0.3) is 5.57 Å². The van der Waals surface area contributed by atoms with E-state index in [-0.39, 0.29) is 15.8 Å². The molecule has 0 aliphatic carbocycles. The van der Waals surface area contributed by atoms with Crippen molar-refractivity contribution in [3.05, 3.63) is 43.9 Å². The zero-order valence-electron chi connectivity index (χ0n) is 17.7. The first-order chi connectivity index (χ1) is 14.7. The summed E-state index contributed by atoms with van der Waals surface area (Å²) in [5, 5.41) is 2.85. The lowest BCUT2D eigenvalue weighted by Crippen LogP contribution is -2.58. The van der Waals surface area contributed by atoms with Crippen molar-refractivity contribution >= 4 is 69.8 Å². The van der Waals surface area contributed by atoms with E-state index >= 15 is 0 Å². The number of thiocarbonyl (C=S) groups is 1. The van der Waals surface area contributed by atoms with Crippen LogP contribution in [0.15, 0.2) is 38.3 Å². The standard InChI is InChI=1S/C21H22N2O5S3/c1-6-22-20(26)23-12-10-8-7-9-11(12)13(16(29)21(23,2)3)19-30-14(17(24)27-4)15(31-19)18(25)28-5/h7-10H,6H2,1-5H3,(H,22,26). The highest BCUT2D eigenvalue weighted by atomic mass is 32.2. The van der Waals surface area contributed by atoms with E-state index in [1.807, 2.05) is 45.0 Å². The molecular weight excluding hydrogens is 456 g/mol. The van der Waals surface area contributed by atoms with Crippen molar-refractivity contribution in [1.82, 2.24) is 5.32 Å². The molecular formula is C21H22N2O5S3. The van der Waals surface area contributed by atoms with Gasteiger partial charge < -0.3 is 14.8 Å². The molecule has 1 aromatic carbocycles. The van der Waals surface area contributed by atoms with Gasteiger partial charge in [-0.05, 0) is 26.8 Å². The molecule has 0 fully saturated rings. The summed E-state index contributed by atoms with van der Waals surface area (Å²) in [5.74, 6) is -1.24. The number of thioether (sulfide) groups is 2. The zero-order chi connectivity index (χ0) is 22.9. The molecule has 3 rings (SSSR count). The van der Waals surface area contributed by atoms with E-state index in [2.05, 4.69) is 5.32 Å². The normalized spacial score (nSPS) is 17.5. The maximum absolute atomic E-state index is 12.9. The molecule has 0 radical (unpaired) electrons. The Morgan fingerprint density at radius 3 is 2.13 bits per heavy atom. The van der Waals surface area contributed by atoms with Gasteiger partial charge in [0.2, 0.25) is 0 Å². The fraction of sp³-hybridized carbons (Fsp3) is 0.333. The van der Waals surface area contributed by atoms with Gasteiger partial charge in [-0.25, -0.2) is 14.4 Å². The molecule has 0 saturated heterocycles. The number of para-hydroxylation sites is 1. The number of nitrogens with one attached hydrogen (secondary N) is 1. The number of benzene rings is 1. The van der Waals surface area contributed by atoms with Crippen LogP contribution in [-0.4, -0.2) is 49.1 Å². The smallest absolute Gasteiger partial charge is 0.346 e. The minimum absolute atomic E-state index is 0.158. The van der Waals surface area contributed by atoms with Gasteiger partial charge in [0, 0.05) is 17.7 Å². The average molecular weight is 479 g/mol. The third-order valence-electron chi connectivity index (χ3n) is 4.83. The first-order valence-electron chi connectivity index (χ1n) is 9.42. The number of nitrogens with zero attached hydrogens (tertiary/aromatic N) is 1. The van der Waals surface area contributed by atoms with Gasteiger partial charge in [0.15, 0.2) is 0 Å². The molecule has 2 amide bonds. The number of urea groups is 1. The van der Waals surface area contributed by atoms with E-state index in [9.17, 15) is 14.4 Å². The lowest BCUT2D eigenvalue weighted by atomic mass is 9.83. The van der Waals surface area contributed by atoms with Crippen molar-refractivity contribution in [2.24, 2.45) is 0 Å². The number of hydrogen-bond acceptors (Lipinski definition) is 8. The predicted octanol–water partition coefficient (Wildman–Crippen LogP) is 4.09. The second kappa shape index (κ2) is 9.05. The van der Waals surface area contributed by atoms with Crippen molar-refractivity contribution in [2.75, 3.05) is 25.7 Å². The number of carbonyl (C=O) groups is 3. The topological polar surface area (TPSA) is 84.9 Å². The van der Waals surface area contributed by atoms with Gasteiger partial charge in [-0.2, -0.15) is 0 Å². The Bertz CT molecular complexity index is 1020. The third kappa shape index (κ3) is 3.99. The van der Waals surface area contributed by atoms with Crippen LogP contribution in [0, 0.1) is 0 Å². The summed E-state index contributed by atoms with van der Waals surface area (Å²) in [6.07, 6.45) is 0. The van der Waals surface area contributed by atoms with E-state index < -0.39 is 17.5 Å². The Labute approximate surface area is 194 Å². The zero-order valence-corrected chi connectivity index (χ0v) is 20.2. The van der Waals surface area contributed by atoms with E-state index in [1.54, 1.807) is 4.90 Å². The summed E-state index contributed by atoms with van der Waals surface area (Å²) in [5.41, 5.74) is 1.34. The molecule has 0 spiro atoms. The van der Waals surface area contributed by atoms with Crippen molar-refractivity contribution in [3.63, 3.8) is 0 Å². The predicted molar refractivity (Wildman–Crippen MR) is 128 cm³/mol. The molecule has 164 valence electrons. The molecule has 10 heteroatoms. The molecule has 2 heterocycles. The number of ether oxygens (including phenoxy) is 2. The largest absolute Gasteiger partial charge is 0.465 e. The average Bonchev–Trinajstić information content (AvgIpc) is 3.18. The number of rotatable bonds is 3. The minimum Gasteiger partial charge on any atom is -0.465 e. The van der Waals surface area contributed by atoms with Gasteiger partial charge >= 0.3 is 18.0 Å². The number of esters is 2. The van der Waals surface area contributed by atoms with E-state index in [1.165, 1.54) is 14.2 Å². The van der Waals surface area contributed by atoms with Gasteiger partial charge in [-0.15, -0.1) is 0 Å². The highest BCUT2D eigenvalue weighted by Crippen LogP contribution is 2.56. The van der Waals surface area contributed by atoms with Gasteiger partial charge in [0.25, 0.3) is 0 Å². The minimum atomic E-state index is -0.828. The summed E-state index contributed by atoms with van der Waals surface area (Å²) in [7, 11) is 2.52. The van der Waals surface area contributed by atoms with Crippen LogP contribution in [-0.2, 0) is 19.1 Å². The Balaban J connectivity index is 2.20. The summed E-state index contributed by atoms with van der Waals surface area (Å²) in [4.78, 5) is 40.0.